The summed E-state index contributed by atoms with van der Waals surface area (Å²) in [4.78, 5) is 16.5. The molecule has 6 heteroatoms. The molecule has 1 aromatic heterocycles. The molecule has 0 radical (unpaired) electrons. The van der Waals surface area contributed by atoms with Gasteiger partial charge in [-0.3, -0.25) is 4.79 Å². The average Bonchev–Trinajstić information content (AvgIpc) is 2.93. The van der Waals surface area contributed by atoms with Crippen molar-refractivity contribution in [2.45, 2.75) is 13.5 Å². The van der Waals surface area contributed by atoms with E-state index in [9.17, 15) is 9.18 Å². The summed E-state index contributed by atoms with van der Waals surface area (Å²) in [7, 11) is 0. The van der Waals surface area contributed by atoms with E-state index < -0.39 is 11.7 Å². The number of thiazole rings is 1. The first-order valence-electron chi connectivity index (χ1n) is 7.57. The van der Waals surface area contributed by atoms with E-state index in [2.05, 4.69) is 10.9 Å². The minimum Gasteiger partial charge on any atom is -0.484 e. The zero-order valence-electron chi connectivity index (χ0n) is 13.5. The van der Waals surface area contributed by atoms with Gasteiger partial charge in [0.05, 0.1) is 16.8 Å². The summed E-state index contributed by atoms with van der Waals surface area (Å²) in [5.74, 6) is 2.20. The number of para-hydroxylation sites is 1. The standard InChI is InChI=1S/C19H15FN2O2S/c1-3-11-22-18-15(20)5-4-6-16(18)25-19(22)21-17(23)12-24-14-9-7-13(2)8-10-14/h1,4-10H,11-12H2,2H3. The lowest BCUT2D eigenvalue weighted by Crippen LogP contribution is -2.19. The number of carbonyl (C=O) groups is 1. The highest BCUT2D eigenvalue weighted by molar-refractivity contribution is 7.16. The van der Waals surface area contributed by atoms with Crippen molar-refractivity contribution in [2.24, 2.45) is 4.99 Å². The van der Waals surface area contributed by atoms with Gasteiger partial charge in [0, 0.05) is 0 Å². The third-order valence-corrected chi connectivity index (χ3v) is 4.55. The number of halogens is 1. The molecular weight excluding hydrogens is 339 g/mol. The number of aromatic nitrogens is 1. The molecular formula is C19H15FN2O2S. The summed E-state index contributed by atoms with van der Waals surface area (Å²) in [5, 5.41) is 0. The van der Waals surface area contributed by atoms with Crippen molar-refractivity contribution in [3.05, 3.63) is 58.6 Å². The Bertz CT molecular complexity index is 1030. The molecule has 1 heterocycles. The summed E-state index contributed by atoms with van der Waals surface area (Å²) < 4.78 is 21.7. The third-order valence-electron chi connectivity index (χ3n) is 3.50. The first-order valence-corrected chi connectivity index (χ1v) is 8.38. The van der Waals surface area contributed by atoms with Gasteiger partial charge in [0.15, 0.2) is 11.4 Å². The molecule has 0 aliphatic heterocycles. The predicted molar refractivity (Wildman–Crippen MR) is 95.9 cm³/mol. The van der Waals surface area contributed by atoms with Crippen LogP contribution in [0.2, 0.25) is 0 Å². The summed E-state index contributed by atoms with van der Waals surface area (Å²) in [6.07, 6.45) is 5.37. The number of fused-ring (bicyclic) bond motifs is 1. The lowest BCUT2D eigenvalue weighted by molar-refractivity contribution is -0.120. The first kappa shape index (κ1) is 16.9. The van der Waals surface area contributed by atoms with Gasteiger partial charge in [-0.1, -0.05) is 41.0 Å². The molecule has 0 saturated carbocycles. The molecule has 1 amide bonds. The summed E-state index contributed by atoms with van der Waals surface area (Å²) in [5.41, 5.74) is 1.46. The number of amides is 1. The molecule has 0 aliphatic carbocycles. The SMILES string of the molecule is C#CCn1c(=NC(=O)COc2ccc(C)cc2)sc2cccc(F)c21. The molecule has 3 rings (SSSR count). The van der Waals surface area contributed by atoms with Crippen LogP contribution >= 0.6 is 11.3 Å². The number of rotatable bonds is 4. The van der Waals surface area contributed by atoms with E-state index in [1.165, 1.54) is 22.0 Å². The van der Waals surface area contributed by atoms with Crippen LogP contribution in [0.3, 0.4) is 0 Å². The van der Waals surface area contributed by atoms with E-state index in [1.54, 1.807) is 24.3 Å². The molecule has 0 aliphatic rings. The van der Waals surface area contributed by atoms with Gasteiger partial charge in [-0.25, -0.2) is 4.39 Å². The van der Waals surface area contributed by atoms with Gasteiger partial charge >= 0.3 is 0 Å². The molecule has 126 valence electrons. The van der Waals surface area contributed by atoms with Crippen LogP contribution in [0.5, 0.6) is 5.75 Å². The van der Waals surface area contributed by atoms with Gasteiger partial charge < -0.3 is 9.30 Å². The monoisotopic (exact) mass is 354 g/mol. The van der Waals surface area contributed by atoms with E-state index in [0.717, 1.165) is 5.56 Å². The molecule has 0 bridgehead atoms. The molecule has 0 saturated heterocycles. The van der Waals surface area contributed by atoms with E-state index >= 15 is 0 Å². The predicted octanol–water partition coefficient (Wildman–Crippen LogP) is 3.29. The van der Waals surface area contributed by atoms with Gasteiger partial charge in [0.1, 0.15) is 11.6 Å². The maximum absolute atomic E-state index is 14.1. The Morgan fingerprint density at radius 1 is 1.32 bits per heavy atom. The number of terminal acetylenes is 1. The van der Waals surface area contributed by atoms with Crippen molar-refractivity contribution >= 4 is 27.5 Å². The summed E-state index contributed by atoms with van der Waals surface area (Å²) in [6.45, 7) is 1.90. The van der Waals surface area contributed by atoms with Crippen molar-refractivity contribution in [2.75, 3.05) is 6.61 Å². The van der Waals surface area contributed by atoms with Gasteiger partial charge in [-0.05, 0) is 31.2 Å². The summed E-state index contributed by atoms with van der Waals surface area (Å²) >= 11 is 1.21. The van der Waals surface area contributed by atoms with Crippen LogP contribution in [0.25, 0.3) is 10.2 Å². The fourth-order valence-corrected chi connectivity index (χ4v) is 3.39. The van der Waals surface area contributed by atoms with Crippen LogP contribution in [-0.2, 0) is 11.3 Å². The van der Waals surface area contributed by atoms with E-state index in [4.69, 9.17) is 11.2 Å². The lowest BCUT2D eigenvalue weighted by Gasteiger charge is -2.03. The molecule has 2 aromatic carbocycles. The number of hydrogen-bond donors (Lipinski definition) is 0. The number of hydrogen-bond acceptors (Lipinski definition) is 3. The van der Waals surface area contributed by atoms with Crippen molar-refractivity contribution in [3.63, 3.8) is 0 Å². The Labute approximate surface area is 148 Å². The second-order valence-corrected chi connectivity index (χ2v) is 6.38. The highest BCUT2D eigenvalue weighted by Gasteiger charge is 2.11. The van der Waals surface area contributed by atoms with Crippen LogP contribution in [0.1, 0.15) is 5.56 Å². The number of ether oxygens (including phenoxy) is 1. The third kappa shape index (κ3) is 3.78. The average molecular weight is 354 g/mol. The molecule has 0 spiro atoms. The van der Waals surface area contributed by atoms with Crippen LogP contribution in [0.4, 0.5) is 4.39 Å². The highest BCUT2D eigenvalue weighted by atomic mass is 32.1. The largest absolute Gasteiger partial charge is 0.484 e. The molecule has 25 heavy (non-hydrogen) atoms. The molecule has 0 N–H and O–H groups in total. The van der Waals surface area contributed by atoms with Crippen molar-refractivity contribution < 1.29 is 13.9 Å². The lowest BCUT2D eigenvalue weighted by atomic mass is 10.2. The van der Waals surface area contributed by atoms with E-state index in [0.29, 0.717) is 20.8 Å². The second-order valence-electron chi connectivity index (χ2n) is 5.37. The first-order chi connectivity index (χ1) is 12.1. The summed E-state index contributed by atoms with van der Waals surface area (Å²) in [6, 6.07) is 12.1. The Morgan fingerprint density at radius 3 is 2.80 bits per heavy atom. The Balaban J connectivity index is 1.88. The zero-order chi connectivity index (χ0) is 17.8. The van der Waals surface area contributed by atoms with Gasteiger partial charge in [-0.2, -0.15) is 4.99 Å². The maximum Gasteiger partial charge on any atom is 0.286 e. The topological polar surface area (TPSA) is 43.6 Å². The van der Waals surface area contributed by atoms with Crippen molar-refractivity contribution in [1.29, 1.82) is 0 Å². The van der Waals surface area contributed by atoms with E-state index in [1.807, 2.05) is 19.1 Å². The highest BCUT2D eigenvalue weighted by Crippen LogP contribution is 2.20. The fraction of sp³-hybridized carbons (Fsp3) is 0.158. The van der Waals surface area contributed by atoms with E-state index in [-0.39, 0.29) is 13.2 Å². The molecule has 3 aromatic rings. The second kappa shape index (κ2) is 7.32. The Hall–Kier alpha value is -2.91. The van der Waals surface area contributed by atoms with Crippen LogP contribution in [0.15, 0.2) is 47.5 Å². The van der Waals surface area contributed by atoms with Gasteiger partial charge in [0.25, 0.3) is 5.91 Å². The fourth-order valence-electron chi connectivity index (χ4n) is 2.33. The zero-order valence-corrected chi connectivity index (χ0v) is 14.3. The minimum atomic E-state index is -0.460. The van der Waals surface area contributed by atoms with Crippen LogP contribution in [0, 0.1) is 25.1 Å². The molecule has 0 fully saturated rings. The van der Waals surface area contributed by atoms with Gasteiger partial charge in [-0.15, -0.1) is 6.42 Å². The normalized spacial score (nSPS) is 11.5. The smallest absolute Gasteiger partial charge is 0.286 e. The molecule has 4 nitrogen and oxygen atoms in total. The van der Waals surface area contributed by atoms with Crippen molar-refractivity contribution in [3.8, 4) is 18.1 Å². The molecule has 0 atom stereocenters. The van der Waals surface area contributed by atoms with Crippen molar-refractivity contribution in [1.82, 2.24) is 4.57 Å². The molecule has 0 unspecified atom stereocenters. The maximum atomic E-state index is 14.1. The van der Waals surface area contributed by atoms with Gasteiger partial charge in [0.2, 0.25) is 0 Å². The quantitative estimate of drug-likeness (QED) is 0.675. The number of carbonyl (C=O) groups excluding carboxylic acids is 1. The van der Waals surface area contributed by atoms with Crippen LogP contribution in [-0.4, -0.2) is 17.1 Å². The Morgan fingerprint density at radius 2 is 2.08 bits per heavy atom. The van der Waals surface area contributed by atoms with Crippen LogP contribution < -0.4 is 9.54 Å². The number of aryl methyl sites for hydroxylation is 1. The Kier molecular flexibility index (Phi) is 4.96. The minimum absolute atomic E-state index is 0.131. The number of benzene rings is 2. The number of nitrogens with zero attached hydrogens (tertiary/aromatic N) is 2.